The highest BCUT2D eigenvalue weighted by Crippen LogP contribution is 2.39. The molecule has 0 spiro atoms. The maximum atomic E-state index is 13.8. The van der Waals surface area contributed by atoms with Crippen LogP contribution in [0.15, 0.2) is 24.3 Å². The van der Waals surface area contributed by atoms with Crippen LogP contribution in [0.2, 0.25) is 0 Å². The van der Waals surface area contributed by atoms with Gasteiger partial charge in [-0.1, -0.05) is 0 Å². The Bertz CT molecular complexity index is 1160. The van der Waals surface area contributed by atoms with Crippen molar-refractivity contribution < 1.29 is 18.8 Å². The molecular weight excluding hydrogens is 439 g/mol. The molecule has 5 rings (SSSR count). The molecule has 1 aliphatic heterocycles. The summed E-state index contributed by atoms with van der Waals surface area (Å²) in [4.78, 5) is 35.8. The largest absolute Gasteiger partial charge is 0.388 e. The first kappa shape index (κ1) is 23.4. The summed E-state index contributed by atoms with van der Waals surface area (Å²) in [7, 11) is 1.76. The number of hydrogen-bond donors (Lipinski definition) is 2. The van der Waals surface area contributed by atoms with Crippen LogP contribution in [0.4, 0.5) is 10.1 Å². The molecule has 0 saturated heterocycles. The average molecular weight is 467 g/mol. The van der Waals surface area contributed by atoms with Crippen molar-refractivity contribution in [3.8, 4) is 17.3 Å². The van der Waals surface area contributed by atoms with Crippen molar-refractivity contribution in [1.82, 2.24) is 20.0 Å². The van der Waals surface area contributed by atoms with Crippen LogP contribution in [0.3, 0.4) is 0 Å². The summed E-state index contributed by atoms with van der Waals surface area (Å²) in [5.74, 6) is -0.477. The number of nitriles is 1. The molecule has 178 valence electrons. The van der Waals surface area contributed by atoms with Crippen molar-refractivity contribution in [3.05, 3.63) is 35.5 Å². The molecule has 1 aromatic heterocycles. The molecule has 1 unspecified atom stereocenters. The molecule has 2 fully saturated rings. The second kappa shape index (κ2) is 9.25. The first-order chi connectivity index (χ1) is 16.3. The predicted octanol–water partition coefficient (Wildman–Crippen LogP) is 2.65. The van der Waals surface area contributed by atoms with Gasteiger partial charge in [-0.15, -0.1) is 0 Å². The Balaban J connectivity index is 0.000000486. The number of alkyl halides is 1. The lowest BCUT2D eigenvalue weighted by Gasteiger charge is -2.31. The number of anilines is 1. The summed E-state index contributed by atoms with van der Waals surface area (Å²) >= 11 is 0. The zero-order valence-electron chi connectivity index (χ0n) is 19.2. The number of carbonyl (C=O) groups is 3. The topological polar surface area (TPSA) is 120 Å². The summed E-state index contributed by atoms with van der Waals surface area (Å²) in [5.41, 5.74) is 1.29. The minimum Gasteiger partial charge on any atom is -0.388 e. The van der Waals surface area contributed by atoms with Gasteiger partial charge in [0.25, 0.3) is 11.8 Å². The number of benzene rings is 1. The van der Waals surface area contributed by atoms with Crippen molar-refractivity contribution in [2.75, 3.05) is 25.6 Å². The Morgan fingerprint density at radius 3 is 2.65 bits per heavy atom. The summed E-state index contributed by atoms with van der Waals surface area (Å²) in [6, 6.07) is 8.92. The lowest BCUT2D eigenvalue weighted by Crippen LogP contribution is -2.49. The van der Waals surface area contributed by atoms with Crippen molar-refractivity contribution in [3.63, 3.8) is 0 Å². The van der Waals surface area contributed by atoms with E-state index in [9.17, 15) is 18.8 Å². The first-order valence-electron chi connectivity index (χ1n) is 11.3. The predicted molar refractivity (Wildman–Crippen MR) is 123 cm³/mol. The number of nitrogens with one attached hydrogen (secondary N) is 2. The average Bonchev–Trinajstić information content (AvgIpc) is 3.78. The van der Waals surface area contributed by atoms with E-state index in [0.717, 1.165) is 30.4 Å². The highest BCUT2D eigenvalue weighted by molar-refractivity contribution is 5.95. The Kier molecular flexibility index (Phi) is 6.37. The van der Waals surface area contributed by atoms with Crippen LogP contribution >= 0.6 is 0 Å². The third kappa shape index (κ3) is 4.78. The number of fused-ring (bicyclic) bond motifs is 1. The molecule has 1 aromatic carbocycles. The fourth-order valence-corrected chi connectivity index (χ4v) is 3.74. The van der Waals surface area contributed by atoms with Crippen molar-refractivity contribution in [2.24, 2.45) is 5.92 Å². The second-order valence-corrected chi connectivity index (χ2v) is 8.96. The number of halogens is 1. The monoisotopic (exact) mass is 466 g/mol. The fraction of sp³-hybridized carbons (Fsp3) is 0.458. The van der Waals surface area contributed by atoms with Crippen LogP contribution in [0.25, 0.3) is 11.3 Å². The van der Waals surface area contributed by atoms with Gasteiger partial charge < -0.3 is 20.3 Å². The molecule has 2 aliphatic carbocycles. The molecule has 2 heterocycles. The number of hydrogen-bond acceptors (Lipinski definition) is 6. The number of aromatic nitrogens is 2. The van der Waals surface area contributed by atoms with Crippen LogP contribution < -0.4 is 10.6 Å². The molecule has 2 amide bonds. The van der Waals surface area contributed by atoms with Crippen LogP contribution in [-0.2, 0) is 9.59 Å². The van der Waals surface area contributed by atoms with Crippen LogP contribution in [0, 0.1) is 17.2 Å². The Hall–Kier alpha value is -3.74. The van der Waals surface area contributed by atoms with E-state index in [0.29, 0.717) is 29.4 Å². The molecule has 0 bridgehead atoms. The highest BCUT2D eigenvalue weighted by atomic mass is 19.1. The number of rotatable bonds is 6. The Morgan fingerprint density at radius 2 is 2.09 bits per heavy atom. The quantitative estimate of drug-likeness (QED) is 0.632. The maximum Gasteiger partial charge on any atom is 0.273 e. The van der Waals surface area contributed by atoms with Gasteiger partial charge in [0.15, 0.2) is 5.67 Å². The number of nitrogens with zero attached hydrogens (tertiary/aromatic N) is 4. The van der Waals surface area contributed by atoms with Gasteiger partial charge in [0.05, 0.1) is 30.0 Å². The normalized spacial score (nSPS) is 19.8. The Labute approximate surface area is 196 Å². The lowest BCUT2D eigenvalue weighted by molar-refractivity contribution is -0.128. The molecule has 3 aliphatic rings. The minimum atomic E-state index is -1.77. The molecule has 10 heteroatoms. The van der Waals surface area contributed by atoms with Gasteiger partial charge in [-0.2, -0.15) is 10.4 Å². The zero-order chi connectivity index (χ0) is 24.5. The van der Waals surface area contributed by atoms with E-state index in [1.165, 1.54) is 4.90 Å². The minimum absolute atomic E-state index is 0.0349. The van der Waals surface area contributed by atoms with Crippen molar-refractivity contribution in [2.45, 2.75) is 44.3 Å². The molecule has 1 atom stereocenters. The lowest BCUT2D eigenvalue weighted by atomic mass is 10.1. The molecule has 2 saturated carbocycles. The van der Waals surface area contributed by atoms with Crippen molar-refractivity contribution in [1.29, 1.82) is 5.26 Å². The molecular formula is C24H27FN6O3. The molecule has 34 heavy (non-hydrogen) atoms. The van der Waals surface area contributed by atoms with E-state index in [1.807, 2.05) is 6.92 Å². The van der Waals surface area contributed by atoms with Crippen LogP contribution in [0.1, 0.15) is 54.7 Å². The zero-order valence-corrected chi connectivity index (χ0v) is 19.2. The van der Waals surface area contributed by atoms with Gasteiger partial charge in [-0.3, -0.25) is 14.3 Å². The standard InChI is InChI=1S/C20H21FN6O2.C4H6O/c1-12-10-26(11-24-19(29)20(21)5-6-20)18(28)17-8-16(25-27(12)17)14-4-3-13(9-22)7-15(14)23-2;5-3-4-1-2-4/h3-4,7-8,12,23H,5-6,10-11H2,1-2H3,(H,24,29);3-4H,1-2H2. The van der Waals surface area contributed by atoms with Gasteiger partial charge >= 0.3 is 0 Å². The number of aldehydes is 1. The van der Waals surface area contributed by atoms with E-state index >= 15 is 0 Å². The van der Waals surface area contributed by atoms with Gasteiger partial charge in [0.1, 0.15) is 12.0 Å². The number of amides is 2. The summed E-state index contributed by atoms with van der Waals surface area (Å²) in [6.45, 7) is 2.25. The summed E-state index contributed by atoms with van der Waals surface area (Å²) in [6.07, 6.45) is 3.78. The summed E-state index contributed by atoms with van der Waals surface area (Å²) in [5, 5.41) is 19.3. The van der Waals surface area contributed by atoms with Gasteiger partial charge in [0.2, 0.25) is 0 Å². The van der Waals surface area contributed by atoms with Gasteiger partial charge in [-0.25, -0.2) is 4.39 Å². The maximum absolute atomic E-state index is 13.8. The van der Waals surface area contributed by atoms with E-state index in [-0.39, 0.29) is 31.5 Å². The fourth-order valence-electron chi connectivity index (χ4n) is 3.74. The van der Waals surface area contributed by atoms with E-state index in [4.69, 9.17) is 5.26 Å². The SMILES string of the molecule is CNc1cc(C#N)ccc1-c1cc2n(n1)C(C)CN(CNC(=O)C1(F)CC1)C2=O.O=CC1CC1. The highest BCUT2D eigenvalue weighted by Gasteiger charge is 2.51. The smallest absolute Gasteiger partial charge is 0.273 e. The first-order valence-corrected chi connectivity index (χ1v) is 11.3. The van der Waals surface area contributed by atoms with Gasteiger partial charge in [-0.05, 0) is 56.9 Å². The third-order valence-electron chi connectivity index (χ3n) is 6.18. The van der Waals surface area contributed by atoms with E-state index in [2.05, 4.69) is 21.8 Å². The van der Waals surface area contributed by atoms with Crippen molar-refractivity contribution >= 4 is 23.8 Å². The number of carbonyl (C=O) groups excluding carboxylic acids is 3. The Morgan fingerprint density at radius 1 is 1.35 bits per heavy atom. The molecule has 0 radical (unpaired) electrons. The van der Waals surface area contributed by atoms with Gasteiger partial charge in [0, 0.05) is 30.8 Å². The molecule has 2 N–H and O–H groups in total. The molecule has 2 aromatic rings. The third-order valence-corrected chi connectivity index (χ3v) is 6.18. The van der Waals surface area contributed by atoms with Crippen LogP contribution in [0.5, 0.6) is 0 Å². The molecule has 9 nitrogen and oxygen atoms in total. The van der Waals surface area contributed by atoms with E-state index < -0.39 is 11.6 Å². The second-order valence-electron chi connectivity index (χ2n) is 8.96. The van der Waals surface area contributed by atoms with Crippen LogP contribution in [-0.4, -0.2) is 58.7 Å². The summed E-state index contributed by atoms with van der Waals surface area (Å²) < 4.78 is 15.5. The van der Waals surface area contributed by atoms with E-state index in [1.54, 1.807) is 36.0 Å².